The van der Waals surface area contributed by atoms with E-state index in [1.807, 2.05) is 0 Å². The topological polar surface area (TPSA) is 137 Å². The monoisotopic (exact) mass is 309 g/mol. The Morgan fingerprint density at radius 1 is 0.842 bits per heavy atom. The van der Waals surface area contributed by atoms with E-state index in [0.29, 0.717) is 0 Å². The van der Waals surface area contributed by atoms with Gasteiger partial charge in [0, 0.05) is 24.8 Å². The van der Waals surface area contributed by atoms with Gasteiger partial charge in [-0.05, 0) is 13.8 Å². The van der Waals surface area contributed by atoms with Crippen molar-refractivity contribution in [3.05, 3.63) is 0 Å². The molecular formula is C11H17O7Ti. The Balaban J connectivity index is -0.0000000900. The summed E-state index contributed by atoms with van der Waals surface area (Å²) in [5.41, 5.74) is 0. The molecule has 0 N–H and O–H groups in total. The quantitative estimate of drug-likeness (QED) is 0.403. The molecule has 1 radical (unpaired) electrons. The fourth-order valence-corrected chi connectivity index (χ4v) is 0.407. The molecule has 107 valence electrons. The van der Waals surface area contributed by atoms with Crippen LogP contribution >= 0.6 is 0 Å². The van der Waals surface area contributed by atoms with Crippen LogP contribution in [0.15, 0.2) is 0 Å². The number of aliphatic carboxylic acids is 2. The summed E-state index contributed by atoms with van der Waals surface area (Å²) in [6, 6.07) is 0. The van der Waals surface area contributed by atoms with Gasteiger partial charge in [-0.15, -0.1) is 6.10 Å². The standard InChI is InChI=1S/2C4H6O3.C3H7O.Ti/c2*1-3(5)2-4(6)7;1-3(2)4;/h2*2H2,1H3,(H,6,7);3H,1-2H3;/q;;-1;+3/p-2. The number of carboxylic acids is 2. The minimum Gasteiger partial charge on any atom is -0.852 e. The maximum Gasteiger partial charge on any atom is 3.00 e. The van der Waals surface area contributed by atoms with Crippen LogP contribution in [0.4, 0.5) is 0 Å². The van der Waals surface area contributed by atoms with Crippen molar-refractivity contribution < 1.29 is 56.2 Å². The Hall–Kier alpha value is -1.05. The van der Waals surface area contributed by atoms with Crippen molar-refractivity contribution in [1.82, 2.24) is 0 Å². The molecule has 0 unspecified atom stereocenters. The third kappa shape index (κ3) is 78.4. The average Bonchev–Trinajstić information content (AvgIpc) is 1.96. The van der Waals surface area contributed by atoms with Crippen molar-refractivity contribution in [2.45, 2.75) is 46.6 Å². The number of Topliss-reactive ketones (excluding diaryl/α,β-unsaturated/α-hetero) is 2. The van der Waals surface area contributed by atoms with Gasteiger partial charge in [0.15, 0.2) is 0 Å². The Morgan fingerprint density at radius 2 is 1.00 bits per heavy atom. The van der Waals surface area contributed by atoms with Gasteiger partial charge in [0.1, 0.15) is 11.6 Å². The van der Waals surface area contributed by atoms with E-state index in [2.05, 4.69) is 0 Å². The normalized spacial score (nSPS) is 7.89. The third-order valence-corrected chi connectivity index (χ3v) is 0.787. The maximum atomic E-state index is 9.83. The van der Waals surface area contributed by atoms with Crippen LogP contribution in [0.1, 0.15) is 40.5 Å². The van der Waals surface area contributed by atoms with Crippen LogP contribution in [0.3, 0.4) is 0 Å². The van der Waals surface area contributed by atoms with Crippen molar-refractivity contribution in [3.8, 4) is 0 Å². The summed E-state index contributed by atoms with van der Waals surface area (Å²) in [5, 5.41) is 28.5. The average molecular weight is 309 g/mol. The van der Waals surface area contributed by atoms with Crippen LogP contribution < -0.4 is 15.3 Å². The number of ketones is 2. The summed E-state index contributed by atoms with van der Waals surface area (Å²) in [4.78, 5) is 38.6. The van der Waals surface area contributed by atoms with Gasteiger partial charge in [0.2, 0.25) is 0 Å². The molecule has 0 heterocycles. The number of carbonyl (C=O) groups is 4. The predicted octanol–water partition coefficient (Wildman–Crippen LogP) is -2.82. The van der Waals surface area contributed by atoms with E-state index >= 15 is 0 Å². The number of hydrogen-bond donors (Lipinski definition) is 0. The molecule has 0 rings (SSSR count). The molecule has 0 bridgehead atoms. The zero-order valence-electron chi connectivity index (χ0n) is 11.3. The molecule has 19 heavy (non-hydrogen) atoms. The molecule has 8 heteroatoms. The van der Waals surface area contributed by atoms with Gasteiger partial charge >= 0.3 is 21.7 Å². The molecule has 0 atom stereocenters. The Bertz CT molecular complexity index is 234. The molecule has 0 aliphatic heterocycles. The van der Waals surface area contributed by atoms with Gasteiger partial charge < -0.3 is 24.9 Å². The fraction of sp³-hybridized carbons (Fsp3) is 0.636. The SMILES string of the molecule is CC(=O)CC(=O)[O-].CC(=O)CC(=O)[O-].CC(C)[O-].[Ti+3]. The Labute approximate surface area is 126 Å². The maximum absolute atomic E-state index is 9.83. The largest absolute Gasteiger partial charge is 3.00 e. The van der Waals surface area contributed by atoms with Crippen molar-refractivity contribution >= 4 is 23.5 Å². The molecular weight excluding hydrogens is 292 g/mol. The first-order valence-corrected chi connectivity index (χ1v) is 5.03. The van der Waals surface area contributed by atoms with Gasteiger partial charge in [-0.2, -0.15) is 0 Å². The van der Waals surface area contributed by atoms with Crippen LogP contribution in [0.5, 0.6) is 0 Å². The van der Waals surface area contributed by atoms with E-state index in [9.17, 15) is 34.5 Å². The van der Waals surface area contributed by atoms with Crippen LogP contribution in [-0.2, 0) is 40.9 Å². The summed E-state index contributed by atoms with van der Waals surface area (Å²) in [6.45, 7) is 5.63. The number of rotatable bonds is 4. The molecule has 0 aliphatic rings. The summed E-state index contributed by atoms with van der Waals surface area (Å²) >= 11 is 0. The first-order chi connectivity index (χ1) is 7.98. The van der Waals surface area contributed by atoms with Crippen molar-refractivity contribution in [2.24, 2.45) is 0 Å². The fourth-order valence-electron chi connectivity index (χ4n) is 0.407. The van der Waals surface area contributed by atoms with Gasteiger partial charge in [-0.1, -0.05) is 13.8 Å². The summed E-state index contributed by atoms with van der Waals surface area (Å²) in [6.07, 6.45) is -1.36. The van der Waals surface area contributed by atoms with E-state index < -0.39 is 30.9 Å². The molecule has 0 aliphatic carbocycles. The zero-order valence-corrected chi connectivity index (χ0v) is 12.9. The van der Waals surface area contributed by atoms with Gasteiger partial charge in [0.05, 0.1) is 0 Å². The van der Waals surface area contributed by atoms with Crippen LogP contribution in [0, 0.1) is 0 Å². The van der Waals surface area contributed by atoms with E-state index in [0.717, 1.165) is 0 Å². The van der Waals surface area contributed by atoms with Crippen molar-refractivity contribution in [1.29, 1.82) is 0 Å². The summed E-state index contributed by atoms with van der Waals surface area (Å²) in [5.74, 6) is -3.37. The number of carbonyl (C=O) groups excluding carboxylic acids is 4. The van der Waals surface area contributed by atoms with E-state index in [4.69, 9.17) is 0 Å². The van der Waals surface area contributed by atoms with Crippen LogP contribution in [0.2, 0.25) is 0 Å². The zero-order chi connectivity index (χ0) is 15.3. The number of carboxylic acid groups (broad SMARTS) is 2. The summed E-state index contributed by atoms with van der Waals surface area (Å²) < 4.78 is 0. The first-order valence-electron chi connectivity index (χ1n) is 5.03. The van der Waals surface area contributed by atoms with Crippen LogP contribution in [-0.4, -0.2) is 29.6 Å². The second-order valence-electron chi connectivity index (χ2n) is 3.55. The molecule has 0 amide bonds. The van der Waals surface area contributed by atoms with Crippen molar-refractivity contribution in [2.75, 3.05) is 0 Å². The third-order valence-electron chi connectivity index (χ3n) is 0.787. The molecule has 0 aromatic rings. The molecule has 7 nitrogen and oxygen atoms in total. The summed E-state index contributed by atoms with van der Waals surface area (Å²) in [7, 11) is 0. The van der Waals surface area contributed by atoms with Crippen LogP contribution in [0.25, 0.3) is 0 Å². The Morgan fingerprint density at radius 3 is 1.00 bits per heavy atom. The Kier molecular flexibility index (Phi) is 23.7. The molecule has 0 saturated carbocycles. The van der Waals surface area contributed by atoms with Crippen molar-refractivity contribution in [3.63, 3.8) is 0 Å². The molecule has 0 fully saturated rings. The minimum atomic E-state index is -1.31. The van der Waals surface area contributed by atoms with E-state index in [1.54, 1.807) is 13.8 Å². The smallest absolute Gasteiger partial charge is 0.852 e. The predicted molar refractivity (Wildman–Crippen MR) is 55.7 cm³/mol. The minimum absolute atomic E-state index is 0. The second kappa shape index (κ2) is 17.0. The molecule has 0 saturated heterocycles. The molecule has 0 spiro atoms. The van der Waals surface area contributed by atoms with E-state index in [-0.39, 0.29) is 33.3 Å². The second-order valence-corrected chi connectivity index (χ2v) is 3.55. The molecule has 0 aromatic heterocycles. The number of hydrogen-bond acceptors (Lipinski definition) is 7. The molecule has 0 aromatic carbocycles. The van der Waals surface area contributed by atoms with E-state index in [1.165, 1.54) is 13.8 Å². The van der Waals surface area contributed by atoms with Gasteiger partial charge in [-0.25, -0.2) is 0 Å². The first kappa shape index (κ1) is 26.5. The van der Waals surface area contributed by atoms with Gasteiger partial charge in [-0.3, -0.25) is 9.59 Å². The van der Waals surface area contributed by atoms with Gasteiger partial charge in [0.25, 0.3) is 0 Å².